The van der Waals surface area contributed by atoms with Gasteiger partial charge in [0.05, 0.1) is 10.2 Å². The Balaban J connectivity index is 2.48. The Kier molecular flexibility index (Phi) is 2.74. The first-order chi connectivity index (χ1) is 7.08. The third-order valence-corrected chi connectivity index (χ3v) is 3.24. The number of hydrogen-bond acceptors (Lipinski definition) is 2. The summed E-state index contributed by atoms with van der Waals surface area (Å²) in [7, 11) is 0. The van der Waals surface area contributed by atoms with Crippen molar-refractivity contribution >= 4 is 27.8 Å². The fourth-order valence-electron chi connectivity index (χ4n) is 1.58. The first-order valence-electron chi connectivity index (χ1n) is 4.97. The highest BCUT2D eigenvalue weighted by atomic mass is 79.9. The van der Waals surface area contributed by atoms with Crippen molar-refractivity contribution in [1.29, 1.82) is 0 Å². The minimum absolute atomic E-state index is 0.130. The summed E-state index contributed by atoms with van der Waals surface area (Å²) in [6.07, 6.45) is 4.14. The first kappa shape index (κ1) is 10.6. The van der Waals surface area contributed by atoms with E-state index in [1.807, 2.05) is 6.20 Å². The van der Waals surface area contributed by atoms with Crippen LogP contribution in [0.2, 0.25) is 0 Å². The van der Waals surface area contributed by atoms with Gasteiger partial charge in [-0.3, -0.25) is 9.78 Å². The van der Waals surface area contributed by atoms with E-state index in [0.29, 0.717) is 16.8 Å². The lowest BCUT2D eigenvalue weighted by Gasteiger charge is -2.13. The summed E-state index contributed by atoms with van der Waals surface area (Å²) in [6, 6.07) is 2.08. The number of ketones is 1. The molecule has 1 aromatic rings. The van der Waals surface area contributed by atoms with Crippen LogP contribution in [0.4, 0.5) is 0 Å². The lowest BCUT2D eigenvalue weighted by molar-refractivity contribution is -0.114. The van der Waals surface area contributed by atoms with Gasteiger partial charge in [0.1, 0.15) is 0 Å². The molecular formula is C12H12BrNO. The molecule has 0 amide bonds. The quantitative estimate of drug-likeness (QED) is 0.781. The van der Waals surface area contributed by atoms with Crippen molar-refractivity contribution in [2.45, 2.75) is 26.2 Å². The van der Waals surface area contributed by atoms with Gasteiger partial charge in [-0.1, -0.05) is 19.9 Å². The summed E-state index contributed by atoms with van der Waals surface area (Å²) in [5.41, 5.74) is 3.13. The summed E-state index contributed by atoms with van der Waals surface area (Å²) >= 11 is 3.24. The zero-order valence-electron chi connectivity index (χ0n) is 8.75. The van der Waals surface area contributed by atoms with Crippen LogP contribution in [0.25, 0.3) is 6.08 Å². The number of aromatic nitrogens is 1. The molecule has 0 N–H and O–H groups in total. The molecule has 78 valence electrons. The second-order valence-electron chi connectivity index (χ2n) is 4.06. The number of hydrogen-bond donors (Lipinski definition) is 0. The molecule has 2 rings (SSSR count). The van der Waals surface area contributed by atoms with Crippen molar-refractivity contribution in [3.63, 3.8) is 0 Å². The standard InChI is InChI=1S/C12H12BrNO/c1-7(2)9-3-8-4-12(15)10(13)5-11(8)14-6-9/h3,5-7H,4H2,1-2H3. The van der Waals surface area contributed by atoms with Crippen LogP contribution in [0.1, 0.15) is 36.6 Å². The molecule has 0 radical (unpaired) electrons. The van der Waals surface area contributed by atoms with Crippen LogP contribution in [0.15, 0.2) is 16.7 Å². The van der Waals surface area contributed by atoms with Crippen molar-refractivity contribution in [2.24, 2.45) is 0 Å². The van der Waals surface area contributed by atoms with Crippen molar-refractivity contribution in [1.82, 2.24) is 4.98 Å². The Bertz CT molecular complexity index is 449. The van der Waals surface area contributed by atoms with Crippen LogP contribution in [0.3, 0.4) is 0 Å². The van der Waals surface area contributed by atoms with Gasteiger partial charge in [-0.25, -0.2) is 0 Å². The minimum atomic E-state index is 0.130. The number of rotatable bonds is 1. The highest BCUT2D eigenvalue weighted by Crippen LogP contribution is 2.25. The van der Waals surface area contributed by atoms with Crippen LogP contribution in [-0.4, -0.2) is 10.8 Å². The lowest BCUT2D eigenvalue weighted by atomic mass is 9.96. The molecule has 0 unspecified atom stereocenters. The molecule has 1 aliphatic carbocycles. The third kappa shape index (κ3) is 2.02. The van der Waals surface area contributed by atoms with Gasteiger partial charge >= 0.3 is 0 Å². The molecule has 0 aliphatic heterocycles. The van der Waals surface area contributed by atoms with Crippen LogP contribution in [0.5, 0.6) is 0 Å². The maximum atomic E-state index is 11.5. The molecule has 0 aromatic carbocycles. The van der Waals surface area contributed by atoms with Crippen molar-refractivity contribution in [3.8, 4) is 0 Å². The Morgan fingerprint density at radius 1 is 1.47 bits per heavy atom. The highest BCUT2D eigenvalue weighted by Gasteiger charge is 2.18. The average molecular weight is 266 g/mol. The summed E-state index contributed by atoms with van der Waals surface area (Å²) < 4.78 is 0.625. The molecule has 0 fully saturated rings. The third-order valence-electron chi connectivity index (χ3n) is 2.57. The van der Waals surface area contributed by atoms with E-state index in [1.165, 1.54) is 5.56 Å². The van der Waals surface area contributed by atoms with Crippen LogP contribution in [0, 0.1) is 0 Å². The Morgan fingerprint density at radius 3 is 2.87 bits per heavy atom. The number of fused-ring (bicyclic) bond motifs is 1. The summed E-state index contributed by atoms with van der Waals surface area (Å²) in [5, 5.41) is 0. The molecule has 0 bridgehead atoms. The van der Waals surface area contributed by atoms with E-state index >= 15 is 0 Å². The highest BCUT2D eigenvalue weighted by molar-refractivity contribution is 9.12. The van der Waals surface area contributed by atoms with Crippen LogP contribution >= 0.6 is 15.9 Å². The molecule has 0 saturated heterocycles. The zero-order valence-corrected chi connectivity index (χ0v) is 10.3. The summed E-state index contributed by atoms with van der Waals surface area (Å²) in [5.74, 6) is 0.581. The van der Waals surface area contributed by atoms with E-state index in [4.69, 9.17) is 0 Å². The number of carbonyl (C=O) groups excluding carboxylic acids is 1. The Morgan fingerprint density at radius 2 is 2.20 bits per heavy atom. The van der Waals surface area contributed by atoms with E-state index in [2.05, 4.69) is 40.8 Å². The van der Waals surface area contributed by atoms with Crippen molar-refractivity contribution < 1.29 is 4.79 Å². The van der Waals surface area contributed by atoms with E-state index in [0.717, 1.165) is 11.3 Å². The Labute approximate surface area is 97.5 Å². The van der Waals surface area contributed by atoms with E-state index in [1.54, 1.807) is 6.08 Å². The maximum Gasteiger partial charge on any atom is 0.174 e. The smallest absolute Gasteiger partial charge is 0.174 e. The second kappa shape index (κ2) is 3.89. The molecule has 1 heterocycles. The van der Waals surface area contributed by atoms with Gasteiger partial charge in [0, 0.05) is 12.6 Å². The predicted molar refractivity (Wildman–Crippen MR) is 63.9 cm³/mol. The number of nitrogens with zero attached hydrogens (tertiary/aromatic N) is 1. The van der Waals surface area contributed by atoms with E-state index in [9.17, 15) is 4.79 Å². The number of Topliss-reactive ketones (excluding diaryl/α,β-unsaturated/α-hetero) is 1. The minimum Gasteiger partial charge on any atom is -0.293 e. The van der Waals surface area contributed by atoms with E-state index in [-0.39, 0.29) is 5.78 Å². The van der Waals surface area contributed by atoms with Gasteiger partial charge < -0.3 is 0 Å². The largest absolute Gasteiger partial charge is 0.293 e. The fourth-order valence-corrected chi connectivity index (χ4v) is 1.94. The maximum absolute atomic E-state index is 11.5. The number of pyridine rings is 1. The number of halogens is 1. The van der Waals surface area contributed by atoms with E-state index < -0.39 is 0 Å². The predicted octanol–water partition coefficient (Wildman–Crippen LogP) is 3.07. The fraction of sp³-hybridized carbons (Fsp3) is 0.333. The first-order valence-corrected chi connectivity index (χ1v) is 5.76. The van der Waals surface area contributed by atoms with Crippen LogP contribution in [-0.2, 0) is 11.2 Å². The average Bonchev–Trinajstić information content (AvgIpc) is 2.19. The summed E-state index contributed by atoms with van der Waals surface area (Å²) in [6.45, 7) is 4.25. The number of carbonyl (C=O) groups is 1. The molecule has 0 spiro atoms. The van der Waals surface area contributed by atoms with Gasteiger partial charge in [0.25, 0.3) is 0 Å². The van der Waals surface area contributed by atoms with Gasteiger partial charge in [-0.05, 0) is 39.1 Å². The van der Waals surface area contributed by atoms with Crippen molar-refractivity contribution in [3.05, 3.63) is 33.6 Å². The van der Waals surface area contributed by atoms with Gasteiger partial charge in [-0.2, -0.15) is 0 Å². The molecule has 0 saturated carbocycles. The normalized spacial score (nSPS) is 15.2. The number of allylic oxidation sites excluding steroid dienone is 1. The monoisotopic (exact) mass is 265 g/mol. The molecule has 2 nitrogen and oxygen atoms in total. The second-order valence-corrected chi connectivity index (χ2v) is 4.91. The lowest BCUT2D eigenvalue weighted by Crippen LogP contribution is -2.10. The molecular weight excluding hydrogens is 254 g/mol. The zero-order chi connectivity index (χ0) is 11.0. The van der Waals surface area contributed by atoms with Gasteiger partial charge in [-0.15, -0.1) is 0 Å². The molecule has 1 aliphatic rings. The molecule has 1 aromatic heterocycles. The SMILES string of the molecule is CC(C)c1cnc2c(c1)CC(=O)C(Br)=C2. The molecule has 0 atom stereocenters. The Hall–Kier alpha value is -0.960. The topological polar surface area (TPSA) is 30.0 Å². The van der Waals surface area contributed by atoms with Crippen LogP contribution < -0.4 is 0 Å². The van der Waals surface area contributed by atoms with Crippen molar-refractivity contribution in [2.75, 3.05) is 0 Å². The molecule has 3 heteroatoms. The molecule has 15 heavy (non-hydrogen) atoms. The summed E-state index contributed by atoms with van der Waals surface area (Å²) in [4.78, 5) is 15.9. The van der Waals surface area contributed by atoms with Gasteiger partial charge in [0.2, 0.25) is 0 Å². The van der Waals surface area contributed by atoms with Gasteiger partial charge in [0.15, 0.2) is 5.78 Å².